The van der Waals surface area contributed by atoms with E-state index in [-0.39, 0.29) is 54.9 Å². The number of nitrogens with two attached hydrogens (primary N) is 1. The SMILES string of the molecule is CC(C)C[C@H](NC(=O)CNC(=O)[C@H](CC(C)C)NC(=O)[C@H](CS)NC(=O)[C@@H](NC(=O)[C@@H](NC(=O)[C@H](CC(C)C)NC(=O)[C@@H](NC(=O)[C@H](Cc1ccc(O)cc1)NC(=O)[C@@H](N)CO)C(C)C)C(C)C)[C@@H](C)O)C(=O)O. The van der Waals surface area contributed by atoms with Crippen molar-refractivity contribution in [1.82, 2.24) is 47.9 Å². The molecule has 0 saturated heterocycles. The molecule has 1 aromatic rings. The molecule has 0 heterocycles. The number of phenols is 1. The van der Waals surface area contributed by atoms with Crippen LogP contribution in [0.15, 0.2) is 24.3 Å². The van der Waals surface area contributed by atoms with Crippen molar-refractivity contribution >= 4 is 71.8 Å². The van der Waals surface area contributed by atoms with Crippen LogP contribution in [-0.2, 0) is 54.4 Å². The predicted octanol–water partition coefficient (Wildman–Crippen LogP) is -1.91. The zero-order valence-corrected chi connectivity index (χ0v) is 45.2. The standard InChI is InChI=1S/C49H82N10O14S/c1-23(2)16-32(42(65)51-20-37(63)52-35(49(72)73)18-25(5)6)54-45(68)36(22-74)56-48(71)40(28(11)61)59-47(70)39(27(9)10)58-43(66)33(17-24(3)4)55-46(69)38(26(7)8)57-44(67)34(53-41(64)31(50)21-60)19-29-12-14-30(62)15-13-29/h12-15,23-28,31-36,38-40,60-62,74H,16-22,50H2,1-11H3,(H,51,65)(H,52,63)(H,53,64)(H,54,68)(H,55,69)(H,56,71)(H,57,67)(H,58,66)(H,59,70)(H,72,73)/t28-,31+,32+,33+,34+,35+,36+,38+,39+,40+/m1/s1. The van der Waals surface area contributed by atoms with Crippen molar-refractivity contribution in [1.29, 1.82) is 0 Å². The van der Waals surface area contributed by atoms with Crippen molar-refractivity contribution in [3.05, 3.63) is 29.8 Å². The van der Waals surface area contributed by atoms with Crippen LogP contribution in [0, 0.1) is 29.6 Å². The first kappa shape index (κ1) is 66.0. The van der Waals surface area contributed by atoms with E-state index in [0.29, 0.717) is 5.56 Å². The summed E-state index contributed by atoms with van der Waals surface area (Å²) in [5.74, 6) is -10.7. The molecule has 0 spiro atoms. The highest BCUT2D eigenvalue weighted by Gasteiger charge is 2.37. The summed E-state index contributed by atoms with van der Waals surface area (Å²) in [6, 6.07) is -6.22. The first-order chi connectivity index (χ1) is 34.4. The van der Waals surface area contributed by atoms with E-state index in [9.17, 15) is 68.4 Å². The van der Waals surface area contributed by atoms with E-state index in [1.165, 1.54) is 31.2 Å². The van der Waals surface area contributed by atoms with Crippen LogP contribution in [0.3, 0.4) is 0 Å². The number of thiol groups is 1. The quantitative estimate of drug-likeness (QED) is 0.0351. The average Bonchev–Trinajstić information content (AvgIpc) is 3.30. The Bertz CT molecular complexity index is 2060. The molecule has 74 heavy (non-hydrogen) atoms. The van der Waals surface area contributed by atoms with Gasteiger partial charge in [0.05, 0.1) is 19.3 Å². The third-order valence-electron chi connectivity index (χ3n) is 11.4. The zero-order valence-electron chi connectivity index (χ0n) is 44.3. The van der Waals surface area contributed by atoms with E-state index in [0.717, 1.165) is 0 Å². The molecule has 15 N–H and O–H groups in total. The lowest BCUT2D eigenvalue weighted by molar-refractivity contribution is -0.142. The van der Waals surface area contributed by atoms with E-state index >= 15 is 0 Å². The second-order valence-corrected chi connectivity index (χ2v) is 20.7. The maximum absolute atomic E-state index is 14.0. The van der Waals surface area contributed by atoms with Gasteiger partial charge in [0.1, 0.15) is 60.1 Å². The van der Waals surface area contributed by atoms with Gasteiger partial charge in [0.2, 0.25) is 53.2 Å². The van der Waals surface area contributed by atoms with Gasteiger partial charge in [-0.15, -0.1) is 0 Å². The Labute approximate surface area is 438 Å². The molecular weight excluding hydrogens is 985 g/mol. The van der Waals surface area contributed by atoms with Crippen molar-refractivity contribution < 1.29 is 68.4 Å². The number of carbonyl (C=O) groups excluding carboxylic acids is 9. The molecule has 1 rings (SSSR count). The van der Waals surface area contributed by atoms with Crippen LogP contribution in [0.1, 0.15) is 101 Å². The van der Waals surface area contributed by atoms with Crippen LogP contribution in [0.5, 0.6) is 5.75 Å². The van der Waals surface area contributed by atoms with Crippen LogP contribution >= 0.6 is 12.6 Å². The number of hydrogen-bond donors (Lipinski definition) is 15. The molecule has 25 heteroatoms. The number of aliphatic hydroxyl groups excluding tert-OH is 2. The summed E-state index contributed by atoms with van der Waals surface area (Å²) in [5.41, 5.74) is 6.22. The highest BCUT2D eigenvalue weighted by atomic mass is 32.1. The summed E-state index contributed by atoms with van der Waals surface area (Å²) in [6.45, 7) is 17.1. The fourth-order valence-corrected chi connectivity index (χ4v) is 7.55. The lowest BCUT2D eigenvalue weighted by Gasteiger charge is -2.30. The van der Waals surface area contributed by atoms with E-state index in [1.54, 1.807) is 69.2 Å². The zero-order chi connectivity index (χ0) is 56.7. The molecular formula is C49H82N10O14S. The normalized spacial score (nSPS) is 15.5. The largest absolute Gasteiger partial charge is 0.508 e. The van der Waals surface area contributed by atoms with Gasteiger partial charge in [0.25, 0.3) is 0 Å². The van der Waals surface area contributed by atoms with Gasteiger partial charge in [0, 0.05) is 12.2 Å². The molecule has 0 fully saturated rings. The van der Waals surface area contributed by atoms with Crippen LogP contribution < -0.4 is 53.6 Å². The molecule has 0 aliphatic heterocycles. The maximum Gasteiger partial charge on any atom is 0.326 e. The van der Waals surface area contributed by atoms with Gasteiger partial charge in [0.15, 0.2) is 0 Å². The Morgan fingerprint density at radius 1 is 0.514 bits per heavy atom. The highest BCUT2D eigenvalue weighted by Crippen LogP contribution is 2.15. The summed E-state index contributed by atoms with van der Waals surface area (Å²) in [6.07, 6.45) is -1.34. The topological polar surface area (TPSA) is 386 Å². The van der Waals surface area contributed by atoms with Gasteiger partial charge in [-0.3, -0.25) is 43.2 Å². The first-order valence-electron chi connectivity index (χ1n) is 24.8. The number of aliphatic hydroxyl groups is 2. The van der Waals surface area contributed by atoms with Crippen molar-refractivity contribution in [2.24, 2.45) is 35.3 Å². The summed E-state index contributed by atoms with van der Waals surface area (Å²) in [4.78, 5) is 133. The smallest absolute Gasteiger partial charge is 0.326 e. The van der Waals surface area contributed by atoms with Crippen molar-refractivity contribution in [2.75, 3.05) is 18.9 Å². The molecule has 418 valence electrons. The second-order valence-electron chi connectivity index (χ2n) is 20.3. The number of amides is 9. The number of benzene rings is 1. The van der Waals surface area contributed by atoms with E-state index in [1.807, 2.05) is 0 Å². The van der Waals surface area contributed by atoms with E-state index in [2.05, 4.69) is 60.5 Å². The number of hydrogen-bond acceptors (Lipinski definition) is 15. The fourth-order valence-electron chi connectivity index (χ4n) is 7.29. The minimum absolute atomic E-state index is 0.0370. The third kappa shape index (κ3) is 23.4. The maximum atomic E-state index is 14.0. The number of nitrogens with one attached hydrogen (secondary N) is 9. The fraction of sp³-hybridized carbons (Fsp3) is 0.673. The van der Waals surface area contributed by atoms with Gasteiger partial charge >= 0.3 is 5.97 Å². The minimum Gasteiger partial charge on any atom is -0.508 e. The number of carboxylic acid groups (broad SMARTS) is 1. The number of aliphatic carboxylic acids is 1. The molecule has 1 aromatic carbocycles. The van der Waals surface area contributed by atoms with Crippen molar-refractivity contribution in [3.63, 3.8) is 0 Å². The monoisotopic (exact) mass is 1070 g/mol. The molecule has 0 aliphatic rings. The first-order valence-corrected chi connectivity index (χ1v) is 25.4. The number of rotatable bonds is 32. The van der Waals surface area contributed by atoms with Crippen LogP contribution in [-0.4, -0.2) is 159 Å². The summed E-state index contributed by atoms with van der Waals surface area (Å²) < 4.78 is 0. The summed E-state index contributed by atoms with van der Waals surface area (Å²) in [7, 11) is 0. The van der Waals surface area contributed by atoms with E-state index < -0.39 is 145 Å². The Morgan fingerprint density at radius 2 is 0.905 bits per heavy atom. The lowest BCUT2D eigenvalue weighted by Crippen LogP contribution is -2.63. The highest BCUT2D eigenvalue weighted by molar-refractivity contribution is 7.80. The predicted molar refractivity (Wildman–Crippen MR) is 277 cm³/mol. The van der Waals surface area contributed by atoms with Crippen LogP contribution in [0.4, 0.5) is 0 Å². The van der Waals surface area contributed by atoms with Gasteiger partial charge < -0.3 is 74.0 Å². The van der Waals surface area contributed by atoms with E-state index in [4.69, 9.17) is 5.73 Å². The molecule has 0 saturated carbocycles. The summed E-state index contributed by atoms with van der Waals surface area (Å²) in [5, 5.41) is 62.0. The average molecular weight is 1070 g/mol. The molecule has 10 atom stereocenters. The number of carboxylic acids is 1. The van der Waals surface area contributed by atoms with Gasteiger partial charge in [-0.25, -0.2) is 4.79 Å². The van der Waals surface area contributed by atoms with Gasteiger partial charge in [-0.05, 0) is 73.5 Å². The van der Waals surface area contributed by atoms with Crippen LogP contribution in [0.25, 0.3) is 0 Å². The molecule has 24 nitrogen and oxygen atoms in total. The second kappa shape index (κ2) is 32.3. The molecule has 0 aromatic heterocycles. The van der Waals surface area contributed by atoms with Gasteiger partial charge in [-0.1, -0.05) is 81.4 Å². The lowest BCUT2D eigenvalue weighted by atomic mass is 9.97. The third-order valence-corrected chi connectivity index (χ3v) is 11.7. The Morgan fingerprint density at radius 3 is 1.35 bits per heavy atom. The van der Waals surface area contributed by atoms with Crippen LogP contribution in [0.2, 0.25) is 0 Å². The minimum atomic E-state index is -1.70. The Hall–Kier alpha value is -6.05. The van der Waals surface area contributed by atoms with Gasteiger partial charge in [-0.2, -0.15) is 12.6 Å². The Balaban J connectivity index is 3.25. The van der Waals surface area contributed by atoms with Crippen molar-refractivity contribution in [3.8, 4) is 5.75 Å². The Kier molecular flexibility index (Phi) is 28.8. The summed E-state index contributed by atoms with van der Waals surface area (Å²) >= 11 is 4.20. The molecule has 0 aliphatic carbocycles. The number of aromatic hydroxyl groups is 1. The molecule has 0 bridgehead atoms. The molecule has 0 unspecified atom stereocenters. The molecule has 0 radical (unpaired) electrons. The van der Waals surface area contributed by atoms with Crippen molar-refractivity contribution in [2.45, 2.75) is 162 Å². The number of carbonyl (C=O) groups is 10. The molecule has 9 amide bonds. The number of phenolic OH excluding ortho intramolecular Hbond substituents is 1.